The number of fused-ring (bicyclic) bond motifs is 3. The van der Waals surface area contributed by atoms with Crippen LogP contribution in [0.5, 0.6) is 11.5 Å². The summed E-state index contributed by atoms with van der Waals surface area (Å²) in [6, 6.07) is 31.5. The number of alkyl carbamates (subject to hydrolysis) is 1. The molecule has 180 valence electrons. The van der Waals surface area contributed by atoms with Crippen LogP contribution in [-0.2, 0) is 16.0 Å². The summed E-state index contributed by atoms with van der Waals surface area (Å²) in [5.74, 6) is 0.128. The molecule has 0 heterocycles. The fourth-order valence-corrected chi connectivity index (χ4v) is 4.54. The molecule has 1 aliphatic rings. The van der Waals surface area contributed by atoms with Crippen molar-refractivity contribution in [2.24, 2.45) is 0 Å². The molecular weight excluding hydrogens is 454 g/mol. The Bertz CT molecular complexity index is 1320. The van der Waals surface area contributed by atoms with Crippen LogP contribution in [0, 0.1) is 0 Å². The van der Waals surface area contributed by atoms with Gasteiger partial charge in [0.05, 0.1) is 0 Å². The van der Waals surface area contributed by atoms with E-state index in [0.29, 0.717) is 11.5 Å². The van der Waals surface area contributed by atoms with E-state index in [4.69, 9.17) is 9.47 Å². The Morgan fingerprint density at radius 2 is 1.31 bits per heavy atom. The maximum Gasteiger partial charge on any atom is 0.407 e. The minimum atomic E-state index is -1.13. The van der Waals surface area contributed by atoms with E-state index in [1.54, 1.807) is 24.3 Å². The number of rotatable bonds is 8. The Balaban J connectivity index is 1.20. The number of aliphatic carboxylic acids is 1. The highest BCUT2D eigenvalue weighted by Gasteiger charge is 2.29. The predicted octanol–water partition coefficient (Wildman–Crippen LogP) is 6.01. The summed E-state index contributed by atoms with van der Waals surface area (Å²) in [4.78, 5) is 24.4. The van der Waals surface area contributed by atoms with E-state index in [1.807, 2.05) is 66.7 Å². The smallest absolute Gasteiger partial charge is 0.407 e. The van der Waals surface area contributed by atoms with Gasteiger partial charge in [0.1, 0.15) is 24.1 Å². The molecule has 1 aliphatic carbocycles. The summed E-state index contributed by atoms with van der Waals surface area (Å²) in [6.45, 7) is 0.123. The van der Waals surface area contributed by atoms with E-state index in [0.717, 1.165) is 27.8 Å². The molecule has 6 heteroatoms. The third-order valence-electron chi connectivity index (χ3n) is 6.28. The number of carboxylic acids is 1. The Morgan fingerprint density at radius 1 is 0.750 bits per heavy atom. The summed E-state index contributed by atoms with van der Waals surface area (Å²) in [7, 11) is 0. The van der Waals surface area contributed by atoms with Crippen LogP contribution in [0.3, 0.4) is 0 Å². The van der Waals surface area contributed by atoms with Gasteiger partial charge in [-0.1, -0.05) is 78.9 Å². The maximum absolute atomic E-state index is 12.6. The van der Waals surface area contributed by atoms with Gasteiger partial charge in [-0.25, -0.2) is 9.59 Å². The van der Waals surface area contributed by atoms with E-state index >= 15 is 0 Å². The van der Waals surface area contributed by atoms with Gasteiger partial charge in [-0.05, 0) is 52.1 Å². The average molecular weight is 480 g/mol. The van der Waals surface area contributed by atoms with Crippen molar-refractivity contribution in [3.63, 3.8) is 0 Å². The highest BCUT2D eigenvalue weighted by Crippen LogP contribution is 2.44. The summed E-state index contributed by atoms with van der Waals surface area (Å²) in [5.41, 5.74) is 5.20. The Labute approximate surface area is 209 Å². The molecule has 2 N–H and O–H groups in total. The summed E-state index contributed by atoms with van der Waals surface area (Å²) < 4.78 is 11.3. The van der Waals surface area contributed by atoms with Gasteiger partial charge in [-0.3, -0.25) is 0 Å². The molecule has 5 rings (SSSR count). The molecular formula is C30H25NO5. The van der Waals surface area contributed by atoms with Crippen molar-refractivity contribution in [3.8, 4) is 22.6 Å². The number of ether oxygens (including phenoxy) is 2. The molecule has 1 amide bonds. The van der Waals surface area contributed by atoms with E-state index in [-0.39, 0.29) is 18.9 Å². The number of benzene rings is 4. The van der Waals surface area contributed by atoms with Crippen LogP contribution in [0.25, 0.3) is 11.1 Å². The van der Waals surface area contributed by atoms with Gasteiger partial charge in [0.25, 0.3) is 0 Å². The normalized spacial score (nSPS) is 12.8. The van der Waals surface area contributed by atoms with Gasteiger partial charge >= 0.3 is 12.1 Å². The van der Waals surface area contributed by atoms with E-state index in [9.17, 15) is 14.7 Å². The monoisotopic (exact) mass is 479 g/mol. The molecule has 0 bridgehead atoms. The van der Waals surface area contributed by atoms with Crippen molar-refractivity contribution in [1.82, 2.24) is 5.32 Å². The number of amides is 1. The fraction of sp³-hybridized carbons (Fsp3) is 0.133. The average Bonchev–Trinajstić information content (AvgIpc) is 3.22. The molecule has 0 spiro atoms. The zero-order chi connectivity index (χ0) is 24.9. The third kappa shape index (κ3) is 5.08. The van der Waals surface area contributed by atoms with Gasteiger partial charge in [0.2, 0.25) is 0 Å². The second kappa shape index (κ2) is 10.4. The van der Waals surface area contributed by atoms with Gasteiger partial charge in [-0.2, -0.15) is 0 Å². The third-order valence-corrected chi connectivity index (χ3v) is 6.28. The van der Waals surface area contributed by atoms with Crippen LogP contribution in [-0.4, -0.2) is 29.8 Å². The van der Waals surface area contributed by atoms with Gasteiger partial charge < -0.3 is 19.9 Å². The number of para-hydroxylation sites is 1. The maximum atomic E-state index is 12.6. The lowest BCUT2D eigenvalue weighted by atomic mass is 9.98. The number of hydrogen-bond acceptors (Lipinski definition) is 4. The minimum absolute atomic E-state index is 0.0939. The first-order chi connectivity index (χ1) is 17.6. The molecule has 4 aromatic rings. The second-order valence-corrected chi connectivity index (χ2v) is 8.62. The first kappa shape index (κ1) is 23.2. The molecule has 0 unspecified atom stereocenters. The quantitative estimate of drug-likeness (QED) is 0.323. The van der Waals surface area contributed by atoms with Crippen LogP contribution >= 0.6 is 0 Å². The largest absolute Gasteiger partial charge is 0.480 e. The summed E-state index contributed by atoms with van der Waals surface area (Å²) >= 11 is 0. The lowest BCUT2D eigenvalue weighted by Gasteiger charge is -2.17. The Kier molecular flexibility index (Phi) is 6.67. The first-order valence-corrected chi connectivity index (χ1v) is 11.7. The number of carbonyl (C=O) groups excluding carboxylic acids is 1. The molecule has 4 aromatic carbocycles. The van der Waals surface area contributed by atoms with Crippen LogP contribution < -0.4 is 10.1 Å². The van der Waals surface area contributed by atoms with Crippen molar-refractivity contribution in [1.29, 1.82) is 0 Å². The van der Waals surface area contributed by atoms with E-state index in [2.05, 4.69) is 17.4 Å². The minimum Gasteiger partial charge on any atom is -0.480 e. The zero-order valence-electron chi connectivity index (χ0n) is 19.5. The predicted molar refractivity (Wildman–Crippen MR) is 136 cm³/mol. The van der Waals surface area contributed by atoms with Gasteiger partial charge in [0.15, 0.2) is 0 Å². The second-order valence-electron chi connectivity index (χ2n) is 8.62. The van der Waals surface area contributed by atoms with Gasteiger partial charge in [-0.15, -0.1) is 0 Å². The van der Waals surface area contributed by atoms with Crippen LogP contribution in [0.4, 0.5) is 4.79 Å². The molecule has 1 atom stereocenters. The van der Waals surface area contributed by atoms with Crippen LogP contribution in [0.1, 0.15) is 22.6 Å². The number of carboxylic acid groups (broad SMARTS) is 1. The molecule has 0 saturated heterocycles. The lowest BCUT2D eigenvalue weighted by molar-refractivity contribution is -0.139. The van der Waals surface area contributed by atoms with Crippen molar-refractivity contribution in [2.45, 2.75) is 18.4 Å². The first-order valence-electron chi connectivity index (χ1n) is 11.7. The highest BCUT2D eigenvalue weighted by atomic mass is 16.5. The van der Waals surface area contributed by atoms with Gasteiger partial charge in [0, 0.05) is 12.3 Å². The zero-order valence-corrected chi connectivity index (χ0v) is 19.5. The number of carbonyl (C=O) groups is 2. The Hall–Kier alpha value is -4.58. The van der Waals surface area contributed by atoms with Crippen molar-refractivity contribution in [2.75, 3.05) is 6.61 Å². The van der Waals surface area contributed by atoms with Crippen molar-refractivity contribution >= 4 is 12.1 Å². The number of hydrogen-bond donors (Lipinski definition) is 2. The molecule has 6 nitrogen and oxygen atoms in total. The molecule has 0 radical (unpaired) electrons. The Morgan fingerprint density at radius 3 is 1.92 bits per heavy atom. The SMILES string of the molecule is O=C(N[C@@H](Cc1ccc(Oc2ccccc2)cc1)C(=O)O)OCC1c2ccccc2-c2ccccc21. The van der Waals surface area contributed by atoms with Crippen molar-refractivity contribution in [3.05, 3.63) is 120 Å². The molecule has 0 fully saturated rings. The highest BCUT2D eigenvalue weighted by molar-refractivity contribution is 5.81. The molecule has 0 saturated carbocycles. The fourth-order valence-electron chi connectivity index (χ4n) is 4.54. The molecule has 0 aliphatic heterocycles. The van der Waals surface area contributed by atoms with Crippen LogP contribution in [0.15, 0.2) is 103 Å². The summed E-state index contributed by atoms with van der Waals surface area (Å²) in [5, 5.41) is 12.2. The molecule has 36 heavy (non-hydrogen) atoms. The van der Waals surface area contributed by atoms with E-state index in [1.165, 1.54) is 0 Å². The van der Waals surface area contributed by atoms with Crippen LogP contribution in [0.2, 0.25) is 0 Å². The van der Waals surface area contributed by atoms with Crippen molar-refractivity contribution < 1.29 is 24.2 Å². The summed E-state index contributed by atoms with van der Waals surface area (Å²) in [6.07, 6.45) is -0.640. The standard InChI is InChI=1S/C30H25NO5/c32-29(33)28(18-20-14-16-22(17-15-20)36-21-8-2-1-3-9-21)31-30(34)35-19-27-25-12-6-4-10-23(25)24-11-5-7-13-26(24)27/h1-17,27-28H,18-19H2,(H,31,34)(H,32,33)/t28-/m0/s1. The number of nitrogens with one attached hydrogen (secondary N) is 1. The van der Waals surface area contributed by atoms with E-state index < -0.39 is 18.1 Å². The topological polar surface area (TPSA) is 84.9 Å². The molecule has 0 aromatic heterocycles. The lowest BCUT2D eigenvalue weighted by Crippen LogP contribution is -2.42.